The Morgan fingerprint density at radius 3 is 1.09 bits per heavy atom. The van der Waals surface area contributed by atoms with E-state index in [2.05, 4.69) is 157 Å². The van der Waals surface area contributed by atoms with E-state index in [1.165, 1.54) is 32.5 Å². The Kier molecular flexibility index (Phi) is 7.16. The van der Waals surface area contributed by atoms with Crippen molar-refractivity contribution in [3.8, 4) is 0 Å². The van der Waals surface area contributed by atoms with E-state index < -0.39 is 16.1 Å². The van der Waals surface area contributed by atoms with Crippen LogP contribution in [-0.2, 0) is 0 Å². The van der Waals surface area contributed by atoms with Crippen LogP contribution >= 0.6 is 16.1 Å². The first-order chi connectivity index (χ1) is 16.8. The second-order valence-corrected chi connectivity index (χ2v) is 12.5. The van der Waals surface area contributed by atoms with Crippen LogP contribution < -0.4 is 25.7 Å². The van der Waals surface area contributed by atoms with Gasteiger partial charge in [-0.15, -0.1) is 0 Å². The molecule has 5 aromatic rings. The lowest BCUT2D eigenvalue weighted by atomic mass is 10.2. The van der Waals surface area contributed by atoms with Gasteiger partial charge in [0.15, 0.2) is 0 Å². The number of hydrogen-bond acceptors (Lipinski definition) is 1. The van der Waals surface area contributed by atoms with Crippen molar-refractivity contribution >= 4 is 43.1 Å². The molecule has 5 rings (SSSR count). The molecular weight excluding hydrogens is 448 g/mol. The van der Waals surface area contributed by atoms with E-state index in [9.17, 15) is 0 Å². The van der Waals surface area contributed by atoms with E-state index in [1.807, 2.05) is 0 Å². The second kappa shape index (κ2) is 10.8. The molecule has 34 heavy (non-hydrogen) atoms. The molecule has 5 aromatic carbocycles. The van der Waals surface area contributed by atoms with E-state index in [4.69, 9.17) is 0 Å². The third kappa shape index (κ3) is 4.97. The molecule has 0 spiro atoms. The fraction of sp³-hybridized carbons (Fsp3) is 0.0323. The smallest absolute Gasteiger partial charge is 0.0590 e. The third-order valence-electron chi connectivity index (χ3n) is 5.61. The Balaban J connectivity index is 1.80. The molecule has 0 saturated carbocycles. The summed E-state index contributed by atoms with van der Waals surface area (Å²) in [6, 6.07) is 53.0. The van der Waals surface area contributed by atoms with Crippen LogP contribution in [0.1, 0.15) is 5.56 Å². The number of nitrogens with zero attached hydrogens (tertiary/aromatic N) is 1. The van der Waals surface area contributed by atoms with Gasteiger partial charge in [-0.05, 0) is 24.6 Å². The van der Waals surface area contributed by atoms with Crippen LogP contribution in [-0.4, -0.2) is 0 Å². The molecule has 166 valence electrons. The molecule has 0 aliphatic carbocycles. The molecule has 0 heterocycles. The lowest BCUT2D eigenvalue weighted by Gasteiger charge is -2.40. The average Bonchev–Trinajstić information content (AvgIpc) is 2.91. The van der Waals surface area contributed by atoms with Crippen LogP contribution in [0.5, 0.6) is 0 Å². The first-order valence-electron chi connectivity index (χ1n) is 11.5. The minimum atomic E-state index is -0.827. The van der Waals surface area contributed by atoms with Gasteiger partial charge in [-0.3, -0.25) is 0 Å². The van der Waals surface area contributed by atoms with Gasteiger partial charge in [0.2, 0.25) is 0 Å². The summed E-state index contributed by atoms with van der Waals surface area (Å²) in [7, 11) is -1.65. The van der Waals surface area contributed by atoms with Crippen molar-refractivity contribution in [2.24, 2.45) is 0 Å². The summed E-state index contributed by atoms with van der Waals surface area (Å²) in [5.41, 5.74) is 2.53. The van der Waals surface area contributed by atoms with Gasteiger partial charge >= 0.3 is 0 Å². The molecule has 1 nitrogen and oxygen atoms in total. The van der Waals surface area contributed by atoms with Crippen molar-refractivity contribution in [2.75, 3.05) is 4.44 Å². The number of anilines is 1. The van der Waals surface area contributed by atoms with E-state index in [0.29, 0.717) is 0 Å². The van der Waals surface area contributed by atoms with Crippen LogP contribution in [0.4, 0.5) is 5.69 Å². The van der Waals surface area contributed by atoms with E-state index in [0.717, 1.165) is 0 Å². The predicted octanol–water partition coefficient (Wildman–Crippen LogP) is 6.90. The lowest BCUT2D eigenvalue weighted by Crippen LogP contribution is -2.31. The molecule has 0 fully saturated rings. The maximum Gasteiger partial charge on any atom is 0.0590 e. The van der Waals surface area contributed by atoms with Crippen molar-refractivity contribution < 1.29 is 0 Å². The van der Waals surface area contributed by atoms with E-state index in [-0.39, 0.29) is 0 Å². The molecule has 0 N–H and O–H groups in total. The first kappa shape index (κ1) is 22.5. The van der Waals surface area contributed by atoms with E-state index in [1.54, 1.807) is 0 Å². The quantitative estimate of drug-likeness (QED) is 0.232. The molecule has 3 heteroatoms. The number of benzene rings is 5. The number of aryl methyl sites for hydroxylation is 1. The van der Waals surface area contributed by atoms with Gasteiger partial charge in [0.05, 0.1) is 16.1 Å². The van der Waals surface area contributed by atoms with Crippen molar-refractivity contribution in [1.82, 2.24) is 0 Å². The third-order valence-corrected chi connectivity index (χ3v) is 11.1. The molecule has 0 aliphatic heterocycles. The summed E-state index contributed by atoms with van der Waals surface area (Å²) in [6.45, 7) is 2.18. The molecule has 0 aromatic heterocycles. The molecular formula is C31H27NP2. The monoisotopic (exact) mass is 475 g/mol. The van der Waals surface area contributed by atoms with Gasteiger partial charge in [-0.25, -0.2) is 0 Å². The summed E-state index contributed by atoms with van der Waals surface area (Å²) in [5.74, 6) is 0. The molecule has 0 amide bonds. The van der Waals surface area contributed by atoms with Gasteiger partial charge in [-0.2, -0.15) is 0 Å². The Morgan fingerprint density at radius 1 is 0.412 bits per heavy atom. The summed E-state index contributed by atoms with van der Waals surface area (Å²) in [4.78, 5) is 0. The van der Waals surface area contributed by atoms with Crippen LogP contribution in [0.15, 0.2) is 146 Å². The zero-order chi connectivity index (χ0) is 23.2. The normalized spacial score (nSPS) is 11.0. The topological polar surface area (TPSA) is 3.24 Å². The highest BCUT2D eigenvalue weighted by Gasteiger charge is 2.32. The van der Waals surface area contributed by atoms with Crippen LogP contribution in [0.3, 0.4) is 0 Å². The molecule has 0 saturated heterocycles. The standard InChI is InChI=1S/C31H27NP2/c1-26-15-14-16-27(25-26)32(33(28-17-6-2-7-18-28)29-19-8-3-9-20-29)34(30-21-10-4-11-22-30)31-23-12-5-13-24-31/h2-25H,1H3. The summed E-state index contributed by atoms with van der Waals surface area (Å²) in [6.07, 6.45) is 0. The molecule has 0 radical (unpaired) electrons. The van der Waals surface area contributed by atoms with Gasteiger partial charge in [-0.1, -0.05) is 133 Å². The lowest BCUT2D eigenvalue weighted by molar-refractivity contribution is 1.45. The largest absolute Gasteiger partial charge is 0.313 e. The maximum absolute atomic E-state index is 2.72. The average molecular weight is 476 g/mol. The zero-order valence-corrected chi connectivity index (χ0v) is 21.0. The Morgan fingerprint density at radius 2 is 0.765 bits per heavy atom. The predicted molar refractivity (Wildman–Crippen MR) is 152 cm³/mol. The second-order valence-electron chi connectivity index (χ2n) is 8.09. The molecule has 0 unspecified atom stereocenters. The van der Waals surface area contributed by atoms with Crippen LogP contribution in [0, 0.1) is 6.92 Å². The summed E-state index contributed by atoms with van der Waals surface area (Å²) >= 11 is 0. The highest BCUT2D eigenvalue weighted by Crippen LogP contribution is 2.57. The van der Waals surface area contributed by atoms with Crippen molar-refractivity contribution in [2.45, 2.75) is 6.92 Å². The zero-order valence-electron chi connectivity index (χ0n) is 19.2. The van der Waals surface area contributed by atoms with Crippen LogP contribution in [0.25, 0.3) is 0 Å². The van der Waals surface area contributed by atoms with Crippen molar-refractivity contribution in [3.63, 3.8) is 0 Å². The summed E-state index contributed by atoms with van der Waals surface area (Å²) in [5, 5.41) is 5.41. The SMILES string of the molecule is Cc1cccc(N(P(c2ccccc2)c2ccccc2)P(c2ccccc2)c2ccccc2)c1. The Hall–Kier alpha value is -3.24. The van der Waals surface area contributed by atoms with E-state index >= 15 is 0 Å². The first-order valence-corrected chi connectivity index (χ1v) is 14.1. The fourth-order valence-electron chi connectivity index (χ4n) is 4.09. The van der Waals surface area contributed by atoms with Gasteiger partial charge < -0.3 is 4.44 Å². The minimum absolute atomic E-state index is 0.827. The Labute approximate surface area is 205 Å². The molecule has 0 aliphatic rings. The highest BCUT2D eigenvalue weighted by molar-refractivity contribution is 7.90. The van der Waals surface area contributed by atoms with Gasteiger partial charge in [0.1, 0.15) is 0 Å². The molecule has 0 bridgehead atoms. The maximum atomic E-state index is 2.72. The summed E-state index contributed by atoms with van der Waals surface area (Å²) < 4.78 is 2.72. The number of rotatable bonds is 7. The minimum Gasteiger partial charge on any atom is -0.313 e. The fourth-order valence-corrected chi connectivity index (χ4v) is 10.0. The molecule has 0 atom stereocenters. The highest BCUT2D eigenvalue weighted by atomic mass is 31.2. The Bertz CT molecular complexity index is 1150. The van der Waals surface area contributed by atoms with Gasteiger partial charge in [0, 0.05) is 26.9 Å². The van der Waals surface area contributed by atoms with Crippen molar-refractivity contribution in [1.29, 1.82) is 0 Å². The van der Waals surface area contributed by atoms with Crippen LogP contribution in [0.2, 0.25) is 0 Å². The number of hydrogen-bond donors (Lipinski definition) is 0. The van der Waals surface area contributed by atoms with Crippen molar-refractivity contribution in [3.05, 3.63) is 151 Å². The van der Waals surface area contributed by atoms with Gasteiger partial charge in [0.25, 0.3) is 0 Å².